The predicted molar refractivity (Wildman–Crippen MR) is 69.9 cm³/mol. The Morgan fingerprint density at radius 1 is 1.11 bits per heavy atom. The SMILES string of the molecule is Nc1nc(SCc2ccccc2)nc2n[nH]nc12. The van der Waals surface area contributed by atoms with Crippen LogP contribution in [-0.2, 0) is 5.75 Å². The molecule has 0 saturated heterocycles. The van der Waals surface area contributed by atoms with Gasteiger partial charge < -0.3 is 5.73 Å². The van der Waals surface area contributed by atoms with Crippen molar-refractivity contribution in [3.63, 3.8) is 0 Å². The van der Waals surface area contributed by atoms with Crippen LogP contribution in [0.5, 0.6) is 0 Å². The number of hydrogen-bond donors (Lipinski definition) is 2. The van der Waals surface area contributed by atoms with Crippen LogP contribution in [0.4, 0.5) is 5.82 Å². The number of anilines is 1. The zero-order chi connectivity index (χ0) is 12.4. The summed E-state index contributed by atoms with van der Waals surface area (Å²) in [5.74, 6) is 1.15. The van der Waals surface area contributed by atoms with Gasteiger partial charge in [-0.2, -0.15) is 15.3 Å². The highest BCUT2D eigenvalue weighted by Gasteiger charge is 2.09. The number of nitrogens with zero attached hydrogens (tertiary/aromatic N) is 4. The second kappa shape index (κ2) is 4.61. The molecule has 0 radical (unpaired) electrons. The molecule has 0 spiro atoms. The molecule has 0 bridgehead atoms. The van der Waals surface area contributed by atoms with Crippen molar-refractivity contribution in [1.29, 1.82) is 0 Å². The first-order valence-corrected chi connectivity index (χ1v) is 6.32. The third kappa shape index (κ3) is 2.12. The van der Waals surface area contributed by atoms with Gasteiger partial charge in [-0.1, -0.05) is 42.1 Å². The number of nitrogens with two attached hydrogens (primary N) is 1. The number of H-pyrrole nitrogens is 1. The minimum Gasteiger partial charge on any atom is -0.382 e. The van der Waals surface area contributed by atoms with Crippen LogP contribution in [0.25, 0.3) is 11.2 Å². The summed E-state index contributed by atoms with van der Waals surface area (Å²) in [5.41, 5.74) is 8.01. The zero-order valence-electron chi connectivity index (χ0n) is 9.37. The summed E-state index contributed by atoms with van der Waals surface area (Å²) in [6, 6.07) is 10.1. The summed E-state index contributed by atoms with van der Waals surface area (Å²) in [6.07, 6.45) is 0. The fourth-order valence-electron chi connectivity index (χ4n) is 1.53. The van der Waals surface area contributed by atoms with Crippen molar-refractivity contribution in [3.8, 4) is 0 Å². The molecule has 1 aromatic carbocycles. The fraction of sp³-hybridized carbons (Fsp3) is 0.0909. The lowest BCUT2D eigenvalue weighted by Gasteiger charge is -2.01. The van der Waals surface area contributed by atoms with Crippen LogP contribution in [0.2, 0.25) is 0 Å². The number of aromatic amines is 1. The molecule has 6 nitrogen and oxygen atoms in total. The van der Waals surface area contributed by atoms with Gasteiger partial charge in [0.15, 0.2) is 16.5 Å². The predicted octanol–water partition coefficient (Wildman–Crippen LogP) is 1.62. The Hall–Kier alpha value is -2.15. The van der Waals surface area contributed by atoms with Crippen molar-refractivity contribution in [3.05, 3.63) is 35.9 Å². The number of aromatic nitrogens is 5. The molecule has 0 aliphatic carbocycles. The second-order valence-corrected chi connectivity index (χ2v) is 4.60. The quantitative estimate of drug-likeness (QED) is 0.547. The lowest BCUT2D eigenvalue weighted by Crippen LogP contribution is -1.96. The minimum absolute atomic E-state index is 0.351. The Morgan fingerprint density at radius 3 is 2.78 bits per heavy atom. The van der Waals surface area contributed by atoms with Gasteiger partial charge in [-0.15, -0.1) is 5.10 Å². The van der Waals surface area contributed by atoms with E-state index in [0.717, 1.165) is 5.75 Å². The number of thioether (sulfide) groups is 1. The average Bonchev–Trinajstić information content (AvgIpc) is 2.86. The molecule has 0 atom stereocenters. The molecule has 3 aromatic rings. The minimum atomic E-state index is 0.351. The van der Waals surface area contributed by atoms with Gasteiger partial charge in [-0.05, 0) is 5.56 Å². The standard InChI is InChI=1S/C11H10N6S/c12-9-8-10(16-17-15-8)14-11(13-9)18-6-7-4-2-1-3-5-7/h1-5H,6H2,(H3,12,13,14,15,16,17). The number of benzene rings is 1. The third-order valence-corrected chi connectivity index (χ3v) is 3.32. The van der Waals surface area contributed by atoms with E-state index in [4.69, 9.17) is 5.73 Å². The van der Waals surface area contributed by atoms with E-state index < -0.39 is 0 Å². The molecule has 0 fully saturated rings. The Kier molecular flexibility index (Phi) is 2.81. The smallest absolute Gasteiger partial charge is 0.207 e. The molecule has 18 heavy (non-hydrogen) atoms. The number of nitrogens with one attached hydrogen (secondary N) is 1. The lowest BCUT2D eigenvalue weighted by atomic mass is 10.2. The Morgan fingerprint density at radius 2 is 1.94 bits per heavy atom. The Bertz CT molecular complexity index is 666. The van der Waals surface area contributed by atoms with Gasteiger partial charge in [0, 0.05) is 5.75 Å². The highest BCUT2D eigenvalue weighted by atomic mass is 32.2. The van der Waals surface area contributed by atoms with Crippen LogP contribution in [0.15, 0.2) is 35.5 Å². The molecule has 0 aliphatic heterocycles. The van der Waals surface area contributed by atoms with Crippen LogP contribution < -0.4 is 5.73 Å². The van der Waals surface area contributed by atoms with Gasteiger partial charge in [0.05, 0.1) is 0 Å². The van der Waals surface area contributed by atoms with Crippen molar-refractivity contribution in [2.24, 2.45) is 0 Å². The first kappa shape index (κ1) is 11.0. The number of hydrogen-bond acceptors (Lipinski definition) is 6. The maximum Gasteiger partial charge on any atom is 0.207 e. The van der Waals surface area contributed by atoms with Gasteiger partial charge in [0.2, 0.25) is 5.65 Å². The number of fused-ring (bicyclic) bond motifs is 1. The molecule has 2 aromatic heterocycles. The van der Waals surface area contributed by atoms with E-state index in [1.54, 1.807) is 0 Å². The van der Waals surface area contributed by atoms with Gasteiger partial charge in [-0.25, -0.2) is 4.98 Å². The largest absolute Gasteiger partial charge is 0.382 e. The van der Waals surface area contributed by atoms with Crippen molar-refractivity contribution in [1.82, 2.24) is 25.4 Å². The molecular formula is C11H10N6S. The first-order valence-electron chi connectivity index (χ1n) is 5.33. The molecule has 3 rings (SSSR count). The van der Waals surface area contributed by atoms with Crippen molar-refractivity contribution >= 4 is 28.7 Å². The third-order valence-electron chi connectivity index (χ3n) is 2.40. The summed E-state index contributed by atoms with van der Waals surface area (Å²) in [4.78, 5) is 8.47. The van der Waals surface area contributed by atoms with E-state index in [-0.39, 0.29) is 0 Å². The topological polar surface area (TPSA) is 93.4 Å². The van der Waals surface area contributed by atoms with E-state index in [2.05, 4.69) is 37.5 Å². The van der Waals surface area contributed by atoms with Crippen LogP contribution in [0.3, 0.4) is 0 Å². The summed E-state index contributed by atoms with van der Waals surface area (Å²) >= 11 is 1.52. The molecule has 0 unspecified atom stereocenters. The molecule has 90 valence electrons. The Labute approximate surface area is 107 Å². The van der Waals surface area contributed by atoms with Crippen LogP contribution in [-0.4, -0.2) is 25.4 Å². The van der Waals surface area contributed by atoms with Crippen LogP contribution in [0.1, 0.15) is 5.56 Å². The highest BCUT2D eigenvalue weighted by Crippen LogP contribution is 2.22. The number of nitrogen functional groups attached to an aromatic ring is 1. The molecule has 2 heterocycles. The zero-order valence-corrected chi connectivity index (χ0v) is 10.2. The number of rotatable bonds is 3. The van der Waals surface area contributed by atoms with E-state index in [0.29, 0.717) is 22.1 Å². The van der Waals surface area contributed by atoms with E-state index >= 15 is 0 Å². The average molecular weight is 258 g/mol. The van der Waals surface area contributed by atoms with E-state index in [1.165, 1.54) is 17.3 Å². The van der Waals surface area contributed by atoms with Crippen LogP contribution in [0, 0.1) is 0 Å². The maximum absolute atomic E-state index is 5.78. The first-order chi connectivity index (χ1) is 8.83. The van der Waals surface area contributed by atoms with Crippen molar-refractivity contribution < 1.29 is 0 Å². The van der Waals surface area contributed by atoms with Crippen LogP contribution >= 0.6 is 11.8 Å². The summed E-state index contributed by atoms with van der Waals surface area (Å²) in [7, 11) is 0. The molecule has 3 N–H and O–H groups in total. The van der Waals surface area contributed by atoms with Crippen molar-refractivity contribution in [2.45, 2.75) is 10.9 Å². The summed E-state index contributed by atoms with van der Waals surface area (Å²) < 4.78 is 0. The van der Waals surface area contributed by atoms with Gasteiger partial charge in [0.25, 0.3) is 0 Å². The molecule has 0 saturated carbocycles. The summed E-state index contributed by atoms with van der Waals surface area (Å²) in [5, 5.41) is 10.9. The van der Waals surface area contributed by atoms with Gasteiger partial charge in [0.1, 0.15) is 0 Å². The molecule has 0 aliphatic rings. The monoisotopic (exact) mass is 258 g/mol. The fourth-order valence-corrected chi connectivity index (χ4v) is 2.34. The Balaban J connectivity index is 1.82. The highest BCUT2D eigenvalue weighted by molar-refractivity contribution is 7.98. The lowest BCUT2D eigenvalue weighted by molar-refractivity contribution is 0.946. The van der Waals surface area contributed by atoms with Gasteiger partial charge in [-0.3, -0.25) is 0 Å². The normalized spacial score (nSPS) is 10.9. The van der Waals surface area contributed by atoms with Gasteiger partial charge >= 0.3 is 0 Å². The summed E-state index contributed by atoms with van der Waals surface area (Å²) in [6.45, 7) is 0. The van der Waals surface area contributed by atoms with E-state index in [9.17, 15) is 0 Å². The maximum atomic E-state index is 5.78. The molecule has 7 heteroatoms. The van der Waals surface area contributed by atoms with E-state index in [1.807, 2.05) is 18.2 Å². The molecular weight excluding hydrogens is 248 g/mol. The molecule has 0 amide bonds. The van der Waals surface area contributed by atoms with Crippen molar-refractivity contribution in [2.75, 3.05) is 5.73 Å². The second-order valence-electron chi connectivity index (χ2n) is 3.66.